The zero-order valence-electron chi connectivity index (χ0n) is 8.09. The van der Waals surface area contributed by atoms with E-state index in [0.717, 1.165) is 12.1 Å². The lowest BCUT2D eigenvalue weighted by molar-refractivity contribution is 0.917. The summed E-state index contributed by atoms with van der Waals surface area (Å²) in [6.45, 7) is 4.24. The summed E-state index contributed by atoms with van der Waals surface area (Å²) in [4.78, 5) is 7.58. The van der Waals surface area contributed by atoms with Crippen LogP contribution in [0.5, 0.6) is 0 Å². The van der Waals surface area contributed by atoms with Crippen molar-refractivity contribution in [1.29, 1.82) is 0 Å². The molecule has 0 bridgehead atoms. The van der Waals surface area contributed by atoms with Gasteiger partial charge < -0.3 is 4.98 Å². The van der Waals surface area contributed by atoms with Gasteiger partial charge in [-0.15, -0.1) is 0 Å². The number of nitrogens with zero attached hydrogens (tertiary/aromatic N) is 1. The van der Waals surface area contributed by atoms with Crippen LogP contribution in [0.1, 0.15) is 24.6 Å². The van der Waals surface area contributed by atoms with E-state index >= 15 is 0 Å². The number of hydrogen-bond acceptors (Lipinski definition) is 1. The maximum atomic E-state index is 4.37. The molecule has 0 radical (unpaired) electrons. The molecule has 0 amide bonds. The van der Waals surface area contributed by atoms with Crippen LogP contribution in [0, 0.1) is 6.92 Å². The van der Waals surface area contributed by atoms with Crippen molar-refractivity contribution in [1.82, 2.24) is 9.97 Å². The summed E-state index contributed by atoms with van der Waals surface area (Å²) in [6, 6.07) is 4.36. The monoisotopic (exact) mass is 174 g/mol. The van der Waals surface area contributed by atoms with Crippen molar-refractivity contribution < 1.29 is 0 Å². The lowest BCUT2D eigenvalue weighted by Crippen LogP contribution is -1.84. The van der Waals surface area contributed by atoms with Gasteiger partial charge in [-0.25, -0.2) is 4.98 Å². The Labute approximate surface area is 78.0 Å². The lowest BCUT2D eigenvalue weighted by Gasteiger charge is -1.96. The van der Waals surface area contributed by atoms with Crippen LogP contribution in [0.25, 0.3) is 11.0 Å². The SMILES string of the molecule is CCCc1cnc2[nH]c(C)cc2c1. The lowest BCUT2D eigenvalue weighted by atomic mass is 10.1. The summed E-state index contributed by atoms with van der Waals surface area (Å²) in [5.41, 5.74) is 3.50. The molecule has 2 aromatic rings. The van der Waals surface area contributed by atoms with Crippen LogP contribution < -0.4 is 0 Å². The van der Waals surface area contributed by atoms with E-state index in [2.05, 4.69) is 35.9 Å². The molecule has 0 aromatic carbocycles. The number of rotatable bonds is 2. The fourth-order valence-electron chi connectivity index (χ4n) is 1.62. The van der Waals surface area contributed by atoms with Gasteiger partial charge in [0.25, 0.3) is 0 Å². The topological polar surface area (TPSA) is 28.7 Å². The van der Waals surface area contributed by atoms with Gasteiger partial charge >= 0.3 is 0 Å². The Bertz CT molecular complexity index is 415. The van der Waals surface area contributed by atoms with Crippen molar-refractivity contribution in [3.8, 4) is 0 Å². The molecule has 2 heterocycles. The number of aromatic amines is 1. The standard InChI is InChI=1S/C11H14N2/c1-3-4-9-6-10-5-8(2)13-11(10)12-7-9/h5-7H,3-4H2,1-2H3,(H,12,13). The molecule has 0 saturated carbocycles. The molecular formula is C11H14N2. The third-order valence-corrected chi connectivity index (χ3v) is 2.20. The molecule has 0 saturated heterocycles. The van der Waals surface area contributed by atoms with Crippen molar-refractivity contribution in [2.24, 2.45) is 0 Å². The summed E-state index contributed by atoms with van der Waals surface area (Å²) in [5, 5.41) is 1.23. The van der Waals surface area contributed by atoms with Gasteiger partial charge in [-0.2, -0.15) is 0 Å². The molecule has 0 atom stereocenters. The Hall–Kier alpha value is -1.31. The van der Waals surface area contributed by atoms with E-state index in [1.54, 1.807) is 0 Å². The molecule has 0 unspecified atom stereocenters. The van der Waals surface area contributed by atoms with Crippen LogP contribution >= 0.6 is 0 Å². The number of aromatic nitrogens is 2. The summed E-state index contributed by atoms with van der Waals surface area (Å²) >= 11 is 0. The fourth-order valence-corrected chi connectivity index (χ4v) is 1.62. The smallest absolute Gasteiger partial charge is 0.137 e. The summed E-state index contributed by atoms with van der Waals surface area (Å²) in [7, 11) is 0. The first kappa shape index (κ1) is 8.30. The van der Waals surface area contributed by atoms with Crippen molar-refractivity contribution in [2.75, 3.05) is 0 Å². The number of aryl methyl sites for hydroxylation is 2. The third kappa shape index (κ3) is 1.57. The predicted molar refractivity (Wildman–Crippen MR) is 54.8 cm³/mol. The number of nitrogens with one attached hydrogen (secondary N) is 1. The van der Waals surface area contributed by atoms with Gasteiger partial charge in [0.2, 0.25) is 0 Å². The molecule has 2 heteroatoms. The zero-order valence-corrected chi connectivity index (χ0v) is 8.09. The van der Waals surface area contributed by atoms with E-state index in [4.69, 9.17) is 0 Å². The number of fused-ring (bicyclic) bond motifs is 1. The second kappa shape index (κ2) is 3.21. The molecule has 13 heavy (non-hydrogen) atoms. The molecule has 0 aliphatic heterocycles. The number of hydrogen-bond donors (Lipinski definition) is 1. The maximum Gasteiger partial charge on any atom is 0.137 e. The van der Waals surface area contributed by atoms with E-state index in [1.165, 1.54) is 23.1 Å². The van der Waals surface area contributed by atoms with Gasteiger partial charge in [-0.05, 0) is 31.0 Å². The minimum absolute atomic E-state index is 0.998. The molecule has 2 nitrogen and oxygen atoms in total. The fraction of sp³-hybridized carbons (Fsp3) is 0.364. The molecular weight excluding hydrogens is 160 g/mol. The van der Waals surface area contributed by atoms with Gasteiger partial charge in [0.05, 0.1) is 0 Å². The van der Waals surface area contributed by atoms with Gasteiger partial charge in [0, 0.05) is 17.3 Å². The van der Waals surface area contributed by atoms with E-state index in [-0.39, 0.29) is 0 Å². The largest absolute Gasteiger partial charge is 0.344 e. The van der Waals surface area contributed by atoms with Crippen LogP contribution in [0.4, 0.5) is 0 Å². The molecule has 0 fully saturated rings. The van der Waals surface area contributed by atoms with Crippen molar-refractivity contribution >= 4 is 11.0 Å². The summed E-state index contributed by atoms with van der Waals surface area (Å²) < 4.78 is 0. The molecule has 1 N–H and O–H groups in total. The highest BCUT2D eigenvalue weighted by Crippen LogP contribution is 2.14. The Morgan fingerprint density at radius 3 is 3.00 bits per heavy atom. The normalized spacial score (nSPS) is 10.9. The highest BCUT2D eigenvalue weighted by Gasteiger charge is 1.99. The highest BCUT2D eigenvalue weighted by molar-refractivity contribution is 5.76. The number of pyridine rings is 1. The highest BCUT2D eigenvalue weighted by atomic mass is 14.8. The van der Waals surface area contributed by atoms with Crippen molar-refractivity contribution in [3.05, 3.63) is 29.6 Å². The Kier molecular flexibility index (Phi) is 2.05. The molecule has 68 valence electrons. The van der Waals surface area contributed by atoms with Crippen LogP contribution in [-0.2, 0) is 6.42 Å². The van der Waals surface area contributed by atoms with Crippen molar-refractivity contribution in [2.45, 2.75) is 26.7 Å². The summed E-state index contributed by atoms with van der Waals surface area (Å²) in [6.07, 6.45) is 4.26. The van der Waals surface area contributed by atoms with Gasteiger partial charge in [-0.1, -0.05) is 13.3 Å². The molecule has 0 aliphatic rings. The average Bonchev–Trinajstić information content (AvgIpc) is 2.44. The number of H-pyrrole nitrogens is 1. The first-order valence-electron chi connectivity index (χ1n) is 4.74. The molecule has 2 rings (SSSR count). The van der Waals surface area contributed by atoms with Crippen LogP contribution in [0.15, 0.2) is 18.3 Å². The van der Waals surface area contributed by atoms with Gasteiger partial charge in [0.15, 0.2) is 0 Å². The predicted octanol–water partition coefficient (Wildman–Crippen LogP) is 2.82. The Morgan fingerprint density at radius 2 is 2.23 bits per heavy atom. The molecule has 0 aliphatic carbocycles. The van der Waals surface area contributed by atoms with Crippen LogP contribution in [0.2, 0.25) is 0 Å². The van der Waals surface area contributed by atoms with Gasteiger partial charge in [0.1, 0.15) is 5.65 Å². The quantitative estimate of drug-likeness (QED) is 0.745. The van der Waals surface area contributed by atoms with Crippen LogP contribution in [0.3, 0.4) is 0 Å². The second-order valence-corrected chi connectivity index (χ2v) is 3.48. The van der Waals surface area contributed by atoms with E-state index in [0.29, 0.717) is 0 Å². The second-order valence-electron chi connectivity index (χ2n) is 3.48. The molecule has 0 spiro atoms. The summed E-state index contributed by atoms with van der Waals surface area (Å²) in [5.74, 6) is 0. The van der Waals surface area contributed by atoms with E-state index in [1.807, 2.05) is 6.20 Å². The Balaban J connectivity index is 2.48. The first-order chi connectivity index (χ1) is 6.29. The van der Waals surface area contributed by atoms with E-state index < -0.39 is 0 Å². The minimum atomic E-state index is 0.998. The van der Waals surface area contributed by atoms with Gasteiger partial charge in [-0.3, -0.25) is 0 Å². The first-order valence-corrected chi connectivity index (χ1v) is 4.74. The zero-order chi connectivity index (χ0) is 9.26. The molecule has 2 aromatic heterocycles. The minimum Gasteiger partial charge on any atom is -0.344 e. The average molecular weight is 174 g/mol. The van der Waals surface area contributed by atoms with E-state index in [9.17, 15) is 0 Å². The Morgan fingerprint density at radius 1 is 1.38 bits per heavy atom. The van der Waals surface area contributed by atoms with Crippen molar-refractivity contribution in [3.63, 3.8) is 0 Å². The van der Waals surface area contributed by atoms with Crippen LogP contribution in [-0.4, -0.2) is 9.97 Å². The maximum absolute atomic E-state index is 4.37. The third-order valence-electron chi connectivity index (χ3n) is 2.20.